The molecular formula is C24H38O8. The maximum absolute atomic E-state index is 11.4. The van der Waals surface area contributed by atoms with Crippen LogP contribution in [0.1, 0.15) is 42.1 Å². The van der Waals surface area contributed by atoms with Gasteiger partial charge < -0.3 is 33.2 Å². The Kier molecular flexibility index (Phi) is 15.2. The van der Waals surface area contributed by atoms with Crippen molar-refractivity contribution in [3.8, 4) is 0 Å². The molecule has 1 aliphatic heterocycles. The van der Waals surface area contributed by atoms with Gasteiger partial charge in [0.15, 0.2) is 12.1 Å². The number of carbonyl (C=O) groups excluding carboxylic acids is 1. The van der Waals surface area contributed by atoms with Gasteiger partial charge in [0.25, 0.3) is 0 Å². The van der Waals surface area contributed by atoms with E-state index in [1.165, 1.54) is 6.42 Å². The zero-order valence-electron chi connectivity index (χ0n) is 19.3. The van der Waals surface area contributed by atoms with Crippen LogP contribution < -0.4 is 0 Å². The highest BCUT2D eigenvalue weighted by molar-refractivity contribution is 5.94. The molecule has 0 saturated carbocycles. The van der Waals surface area contributed by atoms with Gasteiger partial charge in [-0.25, -0.2) is 0 Å². The van der Waals surface area contributed by atoms with Gasteiger partial charge >= 0.3 is 0 Å². The Morgan fingerprint density at radius 1 is 0.844 bits per heavy atom. The summed E-state index contributed by atoms with van der Waals surface area (Å²) in [4.78, 5) is 11.4. The smallest absolute Gasteiger partial charge is 0.159 e. The van der Waals surface area contributed by atoms with Crippen LogP contribution in [0.25, 0.3) is 0 Å². The average molecular weight is 455 g/mol. The molecule has 0 aliphatic carbocycles. The van der Waals surface area contributed by atoms with Gasteiger partial charge in [0.05, 0.1) is 72.7 Å². The number of benzene rings is 1. The van der Waals surface area contributed by atoms with Crippen LogP contribution in [0.15, 0.2) is 24.3 Å². The highest BCUT2D eigenvalue weighted by atomic mass is 16.7. The van der Waals surface area contributed by atoms with Crippen molar-refractivity contribution in [1.82, 2.24) is 0 Å². The SMILES string of the molecule is CC(=O)c1cccc(COCCOCCOCCOCCOCCOC2CCCCO2)c1. The fourth-order valence-corrected chi connectivity index (χ4v) is 3.03. The molecule has 0 amide bonds. The van der Waals surface area contributed by atoms with Gasteiger partial charge in [-0.1, -0.05) is 18.2 Å². The molecule has 1 fully saturated rings. The second-order valence-corrected chi connectivity index (χ2v) is 7.43. The van der Waals surface area contributed by atoms with Crippen molar-refractivity contribution >= 4 is 5.78 Å². The highest BCUT2D eigenvalue weighted by Gasteiger charge is 2.13. The molecule has 32 heavy (non-hydrogen) atoms. The maximum Gasteiger partial charge on any atom is 0.159 e. The summed E-state index contributed by atoms with van der Waals surface area (Å²) < 4.78 is 38.5. The monoisotopic (exact) mass is 454 g/mol. The Balaban J connectivity index is 1.27. The molecule has 1 aromatic carbocycles. The van der Waals surface area contributed by atoms with E-state index in [1.807, 2.05) is 18.2 Å². The van der Waals surface area contributed by atoms with E-state index < -0.39 is 0 Å². The number of Topliss-reactive ketones (excluding diaryl/α,β-unsaturated/α-hetero) is 1. The number of hydrogen-bond acceptors (Lipinski definition) is 8. The van der Waals surface area contributed by atoms with Gasteiger partial charge in [-0.05, 0) is 37.8 Å². The lowest BCUT2D eigenvalue weighted by molar-refractivity contribution is -0.169. The molecule has 8 nitrogen and oxygen atoms in total. The fourth-order valence-electron chi connectivity index (χ4n) is 3.03. The maximum atomic E-state index is 11.4. The second-order valence-electron chi connectivity index (χ2n) is 7.43. The lowest BCUT2D eigenvalue weighted by Crippen LogP contribution is -2.24. The standard InChI is InChI=1S/C24H38O8/c1-21(25)23-6-4-5-22(19-23)20-30-16-15-28-12-11-26-9-10-27-13-14-29-17-18-32-24-7-2-3-8-31-24/h4-6,19,24H,2-3,7-18,20H2,1H3. The second kappa shape index (κ2) is 18.1. The summed E-state index contributed by atoms with van der Waals surface area (Å²) in [6, 6.07) is 7.47. The molecule has 1 heterocycles. The first kappa shape index (κ1) is 26.9. The van der Waals surface area contributed by atoms with Crippen molar-refractivity contribution in [2.24, 2.45) is 0 Å². The molecule has 1 atom stereocenters. The van der Waals surface area contributed by atoms with Crippen molar-refractivity contribution in [3.63, 3.8) is 0 Å². The summed E-state index contributed by atoms with van der Waals surface area (Å²) in [6.45, 7) is 8.05. The summed E-state index contributed by atoms with van der Waals surface area (Å²) in [5, 5.41) is 0. The predicted octanol–water partition coefficient (Wildman–Crippen LogP) is 3.02. The predicted molar refractivity (Wildman–Crippen MR) is 119 cm³/mol. The molecular weight excluding hydrogens is 416 g/mol. The van der Waals surface area contributed by atoms with Crippen LogP contribution in [0.5, 0.6) is 0 Å². The van der Waals surface area contributed by atoms with Gasteiger partial charge in [0, 0.05) is 12.2 Å². The Bertz CT molecular complexity index is 603. The summed E-state index contributed by atoms with van der Waals surface area (Å²) in [5.41, 5.74) is 1.68. The molecule has 1 saturated heterocycles. The quantitative estimate of drug-likeness (QED) is 0.233. The fraction of sp³-hybridized carbons (Fsp3) is 0.708. The molecule has 1 unspecified atom stereocenters. The van der Waals surface area contributed by atoms with E-state index in [0.717, 1.165) is 25.0 Å². The molecule has 8 heteroatoms. The van der Waals surface area contributed by atoms with E-state index in [0.29, 0.717) is 78.2 Å². The van der Waals surface area contributed by atoms with Gasteiger partial charge in [0.2, 0.25) is 0 Å². The van der Waals surface area contributed by atoms with Crippen molar-refractivity contribution in [2.45, 2.75) is 39.1 Å². The van der Waals surface area contributed by atoms with Crippen LogP contribution in [0, 0.1) is 0 Å². The number of hydrogen-bond donors (Lipinski definition) is 0. The Hall–Kier alpha value is -1.39. The van der Waals surface area contributed by atoms with Crippen molar-refractivity contribution in [2.75, 3.05) is 72.7 Å². The first-order valence-electron chi connectivity index (χ1n) is 11.5. The van der Waals surface area contributed by atoms with Gasteiger partial charge in [-0.2, -0.15) is 0 Å². The minimum atomic E-state index is -0.0614. The van der Waals surface area contributed by atoms with E-state index in [9.17, 15) is 4.79 Å². The third-order valence-electron chi connectivity index (χ3n) is 4.76. The molecule has 0 spiro atoms. The van der Waals surface area contributed by atoms with Crippen molar-refractivity contribution in [3.05, 3.63) is 35.4 Å². The lowest BCUT2D eigenvalue weighted by atomic mass is 10.1. The van der Waals surface area contributed by atoms with E-state index in [1.54, 1.807) is 13.0 Å². The van der Waals surface area contributed by atoms with Crippen LogP contribution in [-0.2, 0) is 39.8 Å². The Morgan fingerprint density at radius 2 is 1.44 bits per heavy atom. The van der Waals surface area contributed by atoms with Crippen LogP contribution in [0.4, 0.5) is 0 Å². The largest absolute Gasteiger partial charge is 0.377 e. The van der Waals surface area contributed by atoms with E-state index in [4.69, 9.17) is 33.2 Å². The zero-order valence-corrected chi connectivity index (χ0v) is 19.3. The molecule has 0 radical (unpaired) electrons. The number of rotatable bonds is 19. The van der Waals surface area contributed by atoms with Crippen molar-refractivity contribution < 1.29 is 38.0 Å². The van der Waals surface area contributed by atoms with Crippen molar-refractivity contribution in [1.29, 1.82) is 0 Å². The number of ketones is 1. The zero-order chi connectivity index (χ0) is 22.7. The van der Waals surface area contributed by atoms with E-state index >= 15 is 0 Å². The molecule has 0 bridgehead atoms. The average Bonchev–Trinajstić information content (AvgIpc) is 2.82. The summed E-state index contributed by atoms with van der Waals surface area (Å²) in [6.07, 6.45) is 3.20. The summed E-state index contributed by atoms with van der Waals surface area (Å²) in [7, 11) is 0. The summed E-state index contributed by atoms with van der Waals surface area (Å²) in [5.74, 6) is 0.0555. The minimum Gasteiger partial charge on any atom is -0.377 e. The van der Waals surface area contributed by atoms with Gasteiger partial charge in [-0.15, -0.1) is 0 Å². The number of carbonyl (C=O) groups is 1. The van der Waals surface area contributed by atoms with Crippen LogP contribution >= 0.6 is 0 Å². The summed E-state index contributed by atoms with van der Waals surface area (Å²) >= 11 is 0. The first-order chi connectivity index (χ1) is 15.8. The molecule has 1 aromatic rings. The Labute approximate surface area is 191 Å². The molecule has 1 aliphatic rings. The highest BCUT2D eigenvalue weighted by Crippen LogP contribution is 2.13. The molecule has 0 aromatic heterocycles. The number of ether oxygens (including phenoxy) is 7. The topological polar surface area (TPSA) is 81.7 Å². The molecule has 0 N–H and O–H groups in total. The lowest BCUT2D eigenvalue weighted by Gasteiger charge is -2.22. The van der Waals surface area contributed by atoms with Crippen LogP contribution in [-0.4, -0.2) is 84.7 Å². The van der Waals surface area contributed by atoms with Crippen LogP contribution in [0.3, 0.4) is 0 Å². The van der Waals surface area contributed by atoms with Gasteiger partial charge in [0.1, 0.15) is 0 Å². The van der Waals surface area contributed by atoms with E-state index in [2.05, 4.69) is 0 Å². The third-order valence-corrected chi connectivity index (χ3v) is 4.76. The van der Waals surface area contributed by atoms with E-state index in [-0.39, 0.29) is 12.1 Å². The first-order valence-corrected chi connectivity index (χ1v) is 11.5. The third kappa shape index (κ3) is 13.2. The van der Waals surface area contributed by atoms with Gasteiger partial charge in [-0.3, -0.25) is 4.79 Å². The minimum absolute atomic E-state index is 0.0555. The normalized spacial score (nSPS) is 16.3. The molecule has 182 valence electrons. The molecule has 2 rings (SSSR count). The van der Waals surface area contributed by atoms with Crippen LogP contribution in [0.2, 0.25) is 0 Å². The Morgan fingerprint density at radius 3 is 2.00 bits per heavy atom.